The van der Waals surface area contributed by atoms with Gasteiger partial charge in [0.05, 0.1) is 11.2 Å². The summed E-state index contributed by atoms with van der Waals surface area (Å²) in [6.07, 6.45) is 3.59. The van der Waals surface area contributed by atoms with Gasteiger partial charge in [-0.15, -0.1) is 0 Å². The van der Waals surface area contributed by atoms with Crippen LogP contribution in [0.2, 0.25) is 0 Å². The lowest BCUT2D eigenvalue weighted by Crippen LogP contribution is -1.98. The number of anilines is 2. The van der Waals surface area contributed by atoms with Crippen LogP contribution in [0.5, 0.6) is 0 Å². The fourth-order valence-electron chi connectivity index (χ4n) is 2.25. The van der Waals surface area contributed by atoms with Gasteiger partial charge in [-0.25, -0.2) is 0 Å². The minimum atomic E-state index is 0.871. The highest BCUT2D eigenvalue weighted by Crippen LogP contribution is 2.28. The Bertz CT molecular complexity index is 764. The topological polar surface area (TPSA) is 37.8 Å². The van der Waals surface area contributed by atoms with Crippen LogP contribution in [0.3, 0.4) is 0 Å². The van der Waals surface area contributed by atoms with Crippen molar-refractivity contribution >= 4 is 38.3 Å². The number of halogens is 1. The van der Waals surface area contributed by atoms with E-state index in [2.05, 4.69) is 63.3 Å². The number of para-hydroxylation sites is 1. The molecular formula is C16H14BrN3. The molecule has 0 spiro atoms. The van der Waals surface area contributed by atoms with Crippen molar-refractivity contribution in [2.45, 2.75) is 13.8 Å². The van der Waals surface area contributed by atoms with E-state index < -0.39 is 0 Å². The van der Waals surface area contributed by atoms with Crippen LogP contribution in [-0.2, 0) is 0 Å². The first-order chi connectivity index (χ1) is 9.65. The van der Waals surface area contributed by atoms with Crippen LogP contribution < -0.4 is 5.32 Å². The molecule has 100 valence electrons. The molecule has 4 heteroatoms. The third-order valence-electron chi connectivity index (χ3n) is 3.28. The average molecular weight is 328 g/mol. The lowest BCUT2D eigenvalue weighted by molar-refractivity contribution is 1.31. The number of nitrogens with one attached hydrogen (secondary N) is 1. The number of aryl methyl sites for hydroxylation is 2. The molecule has 0 bridgehead atoms. The van der Waals surface area contributed by atoms with Gasteiger partial charge in [0.1, 0.15) is 5.52 Å². The molecule has 0 atom stereocenters. The molecule has 0 aliphatic heterocycles. The molecule has 0 saturated carbocycles. The second-order valence-electron chi connectivity index (χ2n) is 4.77. The van der Waals surface area contributed by atoms with Crippen molar-refractivity contribution in [2.75, 3.05) is 5.32 Å². The zero-order valence-corrected chi connectivity index (χ0v) is 12.9. The average Bonchev–Trinajstić information content (AvgIpc) is 2.42. The minimum Gasteiger partial charge on any atom is -0.353 e. The predicted molar refractivity (Wildman–Crippen MR) is 86.4 cm³/mol. The smallest absolute Gasteiger partial charge is 0.112 e. The van der Waals surface area contributed by atoms with E-state index in [1.165, 1.54) is 11.1 Å². The summed E-state index contributed by atoms with van der Waals surface area (Å²) in [6.45, 7) is 4.20. The fraction of sp³-hybridized carbons (Fsp3) is 0.125. The molecule has 3 aromatic rings. The maximum absolute atomic E-state index is 4.46. The fourth-order valence-corrected chi connectivity index (χ4v) is 2.57. The number of benzene rings is 1. The maximum atomic E-state index is 4.46. The summed E-state index contributed by atoms with van der Waals surface area (Å²) in [5, 5.41) is 3.49. The van der Waals surface area contributed by atoms with Crippen molar-refractivity contribution in [3.05, 3.63) is 58.3 Å². The van der Waals surface area contributed by atoms with Gasteiger partial charge in [0, 0.05) is 22.6 Å². The summed E-state index contributed by atoms with van der Waals surface area (Å²) >= 11 is 3.42. The quantitative estimate of drug-likeness (QED) is 0.737. The van der Waals surface area contributed by atoms with E-state index in [0.29, 0.717) is 0 Å². The molecule has 1 aromatic carbocycles. The van der Waals surface area contributed by atoms with Gasteiger partial charge in [-0.05, 0) is 53.0 Å². The predicted octanol–water partition coefficient (Wildman–Crippen LogP) is 4.75. The van der Waals surface area contributed by atoms with E-state index >= 15 is 0 Å². The standard InChI is InChI=1S/C16H14BrN3/c1-10-4-3-5-11(2)15(10)20-13-6-7-18-14-8-12(17)9-19-16(13)14/h3-9H,1-2H3,(H,18,20). The summed E-state index contributed by atoms with van der Waals surface area (Å²) in [5.41, 5.74) is 6.28. The molecule has 0 radical (unpaired) electrons. The molecule has 0 fully saturated rings. The lowest BCUT2D eigenvalue weighted by Gasteiger charge is -2.13. The van der Waals surface area contributed by atoms with Gasteiger partial charge in [0.2, 0.25) is 0 Å². The number of rotatable bonds is 2. The first-order valence-corrected chi connectivity index (χ1v) is 7.18. The molecule has 0 aliphatic carbocycles. The second kappa shape index (κ2) is 5.21. The number of fused-ring (bicyclic) bond motifs is 1. The largest absolute Gasteiger partial charge is 0.353 e. The van der Waals surface area contributed by atoms with Crippen LogP contribution in [0.4, 0.5) is 11.4 Å². The van der Waals surface area contributed by atoms with Crippen molar-refractivity contribution in [1.82, 2.24) is 9.97 Å². The van der Waals surface area contributed by atoms with Gasteiger partial charge in [-0.1, -0.05) is 18.2 Å². The Kier molecular flexibility index (Phi) is 3.40. The van der Waals surface area contributed by atoms with Crippen LogP contribution in [0, 0.1) is 13.8 Å². The van der Waals surface area contributed by atoms with E-state index in [4.69, 9.17) is 0 Å². The minimum absolute atomic E-state index is 0.871. The highest BCUT2D eigenvalue weighted by molar-refractivity contribution is 9.10. The van der Waals surface area contributed by atoms with Crippen molar-refractivity contribution < 1.29 is 0 Å². The van der Waals surface area contributed by atoms with Gasteiger partial charge in [0.15, 0.2) is 0 Å². The number of hydrogen-bond donors (Lipinski definition) is 1. The Morgan fingerprint density at radius 3 is 2.55 bits per heavy atom. The number of pyridine rings is 2. The van der Waals surface area contributed by atoms with Gasteiger partial charge in [-0.2, -0.15) is 0 Å². The Labute approximate surface area is 126 Å². The van der Waals surface area contributed by atoms with E-state index in [1.807, 2.05) is 12.1 Å². The third-order valence-corrected chi connectivity index (χ3v) is 3.72. The molecule has 3 nitrogen and oxygen atoms in total. The lowest BCUT2D eigenvalue weighted by atomic mass is 10.1. The normalized spacial score (nSPS) is 10.8. The van der Waals surface area contributed by atoms with Gasteiger partial charge < -0.3 is 5.32 Å². The number of aromatic nitrogens is 2. The zero-order chi connectivity index (χ0) is 14.1. The van der Waals surface area contributed by atoms with Crippen molar-refractivity contribution in [1.29, 1.82) is 0 Å². The Balaban J connectivity index is 2.11. The Morgan fingerprint density at radius 1 is 1.05 bits per heavy atom. The van der Waals surface area contributed by atoms with Gasteiger partial charge >= 0.3 is 0 Å². The van der Waals surface area contributed by atoms with E-state index in [0.717, 1.165) is 26.9 Å². The molecule has 0 amide bonds. The van der Waals surface area contributed by atoms with Crippen molar-refractivity contribution in [3.8, 4) is 0 Å². The molecule has 3 rings (SSSR count). The summed E-state index contributed by atoms with van der Waals surface area (Å²) in [5.74, 6) is 0. The highest BCUT2D eigenvalue weighted by atomic mass is 79.9. The molecule has 20 heavy (non-hydrogen) atoms. The van der Waals surface area contributed by atoms with Crippen LogP contribution in [0.1, 0.15) is 11.1 Å². The Morgan fingerprint density at radius 2 is 1.80 bits per heavy atom. The first-order valence-electron chi connectivity index (χ1n) is 6.38. The van der Waals surface area contributed by atoms with Crippen molar-refractivity contribution in [2.24, 2.45) is 0 Å². The van der Waals surface area contributed by atoms with E-state index in [1.54, 1.807) is 12.4 Å². The van der Waals surface area contributed by atoms with E-state index in [9.17, 15) is 0 Å². The molecule has 0 saturated heterocycles. The second-order valence-corrected chi connectivity index (χ2v) is 5.69. The molecular weight excluding hydrogens is 314 g/mol. The van der Waals surface area contributed by atoms with Crippen LogP contribution in [0.25, 0.3) is 11.0 Å². The first kappa shape index (κ1) is 13.1. The highest BCUT2D eigenvalue weighted by Gasteiger charge is 2.07. The third kappa shape index (κ3) is 2.39. The molecule has 0 unspecified atom stereocenters. The maximum Gasteiger partial charge on any atom is 0.112 e. The monoisotopic (exact) mass is 327 g/mol. The summed E-state index contributed by atoms with van der Waals surface area (Å²) in [7, 11) is 0. The summed E-state index contributed by atoms with van der Waals surface area (Å²) < 4.78 is 0.932. The number of nitrogens with zero attached hydrogens (tertiary/aromatic N) is 2. The van der Waals surface area contributed by atoms with Gasteiger partial charge in [-0.3, -0.25) is 9.97 Å². The molecule has 2 aromatic heterocycles. The van der Waals surface area contributed by atoms with Crippen LogP contribution in [-0.4, -0.2) is 9.97 Å². The SMILES string of the molecule is Cc1cccc(C)c1Nc1ccnc2cc(Br)cnc12. The van der Waals surface area contributed by atoms with Crippen LogP contribution >= 0.6 is 15.9 Å². The number of hydrogen-bond acceptors (Lipinski definition) is 3. The molecule has 1 N–H and O–H groups in total. The Hall–Kier alpha value is -1.94. The van der Waals surface area contributed by atoms with Crippen LogP contribution in [0.15, 0.2) is 47.2 Å². The summed E-state index contributed by atoms with van der Waals surface area (Å²) in [4.78, 5) is 8.82. The van der Waals surface area contributed by atoms with E-state index in [-0.39, 0.29) is 0 Å². The summed E-state index contributed by atoms with van der Waals surface area (Å²) in [6, 6.07) is 10.2. The molecule has 0 aliphatic rings. The molecule has 2 heterocycles. The van der Waals surface area contributed by atoms with Gasteiger partial charge in [0.25, 0.3) is 0 Å². The van der Waals surface area contributed by atoms with Crippen molar-refractivity contribution in [3.63, 3.8) is 0 Å². The zero-order valence-electron chi connectivity index (χ0n) is 11.3.